The molecule has 0 bridgehead atoms. The van der Waals surface area contributed by atoms with Gasteiger partial charge in [-0.15, -0.1) is 0 Å². The van der Waals surface area contributed by atoms with Crippen LogP contribution in [0.2, 0.25) is 0 Å². The molecule has 0 aliphatic carbocycles. The van der Waals surface area contributed by atoms with E-state index in [0.717, 1.165) is 17.0 Å². The lowest BCUT2D eigenvalue weighted by Crippen LogP contribution is -1.95. The Morgan fingerprint density at radius 2 is 1.85 bits per heavy atom. The minimum atomic E-state index is 0.265. The lowest BCUT2D eigenvalue weighted by Gasteiger charge is -2.04. The number of hydrogen-bond acceptors (Lipinski definition) is 5. The molecular weight excluding hydrogens is 256 g/mol. The van der Waals surface area contributed by atoms with Crippen molar-refractivity contribution in [2.75, 3.05) is 12.8 Å². The van der Waals surface area contributed by atoms with Gasteiger partial charge in [0.05, 0.1) is 7.11 Å². The summed E-state index contributed by atoms with van der Waals surface area (Å²) in [6.45, 7) is 0.265. The van der Waals surface area contributed by atoms with Gasteiger partial charge in [-0.1, -0.05) is 0 Å². The van der Waals surface area contributed by atoms with Crippen LogP contribution < -0.4 is 15.2 Å². The second-order valence-electron chi connectivity index (χ2n) is 4.30. The third kappa shape index (κ3) is 2.51. The molecule has 0 aliphatic rings. The average Bonchev–Trinajstić information content (AvgIpc) is 2.87. The first kappa shape index (κ1) is 12.3. The molecule has 0 atom stereocenters. The van der Waals surface area contributed by atoms with E-state index in [1.165, 1.54) is 0 Å². The molecule has 0 fully saturated rings. The van der Waals surface area contributed by atoms with E-state index in [-0.39, 0.29) is 6.61 Å². The molecule has 0 unspecified atom stereocenters. The van der Waals surface area contributed by atoms with Crippen LogP contribution in [0, 0.1) is 0 Å². The van der Waals surface area contributed by atoms with E-state index in [9.17, 15) is 0 Å². The maximum absolute atomic E-state index is 5.69. The number of oxazole rings is 1. The number of nitrogens with zero attached hydrogens (tertiary/aromatic N) is 1. The fraction of sp³-hybridized carbons (Fsp3) is 0.133. The van der Waals surface area contributed by atoms with Gasteiger partial charge >= 0.3 is 0 Å². The SMILES string of the molecule is COc1ccc(OCc2nc3ccc(N)cc3o2)cc1. The molecule has 2 N–H and O–H groups in total. The van der Waals surface area contributed by atoms with Gasteiger partial charge in [0.2, 0.25) is 5.89 Å². The average molecular weight is 270 g/mol. The predicted octanol–water partition coefficient (Wildman–Crippen LogP) is 3.00. The first-order chi connectivity index (χ1) is 9.74. The quantitative estimate of drug-likeness (QED) is 0.738. The molecule has 3 aromatic rings. The summed E-state index contributed by atoms with van der Waals surface area (Å²) in [6.07, 6.45) is 0. The Labute approximate surface area is 115 Å². The minimum absolute atomic E-state index is 0.265. The Hall–Kier alpha value is -2.69. The Bertz CT molecular complexity index is 720. The van der Waals surface area contributed by atoms with E-state index in [1.807, 2.05) is 30.3 Å². The van der Waals surface area contributed by atoms with Gasteiger partial charge in [0, 0.05) is 11.8 Å². The van der Waals surface area contributed by atoms with E-state index in [0.29, 0.717) is 17.2 Å². The van der Waals surface area contributed by atoms with Crippen LogP contribution in [-0.4, -0.2) is 12.1 Å². The largest absolute Gasteiger partial charge is 0.497 e. The number of aromatic nitrogens is 1. The van der Waals surface area contributed by atoms with Crippen LogP contribution in [0.15, 0.2) is 46.9 Å². The molecule has 20 heavy (non-hydrogen) atoms. The van der Waals surface area contributed by atoms with E-state index < -0.39 is 0 Å². The molecule has 0 radical (unpaired) electrons. The van der Waals surface area contributed by atoms with Gasteiger partial charge in [-0.2, -0.15) is 0 Å². The zero-order valence-corrected chi connectivity index (χ0v) is 11.0. The van der Waals surface area contributed by atoms with E-state index in [2.05, 4.69) is 4.98 Å². The summed E-state index contributed by atoms with van der Waals surface area (Å²) >= 11 is 0. The number of hydrogen-bond donors (Lipinski definition) is 1. The molecular formula is C15H14N2O3. The number of nitrogens with two attached hydrogens (primary N) is 1. The summed E-state index contributed by atoms with van der Waals surface area (Å²) in [5.74, 6) is 2.03. The molecule has 0 aliphatic heterocycles. The fourth-order valence-corrected chi connectivity index (χ4v) is 1.87. The van der Waals surface area contributed by atoms with Crippen LogP contribution in [0.3, 0.4) is 0 Å². The number of anilines is 1. The number of nitrogen functional groups attached to an aromatic ring is 1. The zero-order chi connectivity index (χ0) is 13.9. The Balaban J connectivity index is 1.72. The molecule has 3 rings (SSSR count). The summed E-state index contributed by atoms with van der Waals surface area (Å²) in [4.78, 5) is 4.33. The van der Waals surface area contributed by atoms with Crippen LogP contribution in [0.1, 0.15) is 5.89 Å². The van der Waals surface area contributed by atoms with Gasteiger partial charge < -0.3 is 19.6 Å². The minimum Gasteiger partial charge on any atom is -0.497 e. The van der Waals surface area contributed by atoms with E-state index in [1.54, 1.807) is 19.2 Å². The van der Waals surface area contributed by atoms with Crippen LogP contribution in [-0.2, 0) is 6.61 Å². The molecule has 102 valence electrons. The maximum atomic E-state index is 5.69. The Morgan fingerprint density at radius 3 is 2.60 bits per heavy atom. The van der Waals surface area contributed by atoms with Crippen molar-refractivity contribution >= 4 is 16.8 Å². The van der Waals surface area contributed by atoms with Gasteiger partial charge in [-0.3, -0.25) is 0 Å². The highest BCUT2D eigenvalue weighted by Gasteiger charge is 2.06. The standard InChI is InChI=1S/C15H14N2O3/c1-18-11-3-5-12(6-4-11)19-9-15-17-13-7-2-10(16)8-14(13)20-15/h2-8H,9,16H2,1H3. The summed E-state index contributed by atoms with van der Waals surface area (Å²) in [5.41, 5.74) is 7.78. The molecule has 0 amide bonds. The van der Waals surface area contributed by atoms with Crippen LogP contribution >= 0.6 is 0 Å². The van der Waals surface area contributed by atoms with Crippen molar-refractivity contribution in [1.82, 2.24) is 4.98 Å². The Kier molecular flexibility index (Phi) is 3.16. The lowest BCUT2D eigenvalue weighted by atomic mass is 10.3. The van der Waals surface area contributed by atoms with Crippen molar-refractivity contribution in [3.63, 3.8) is 0 Å². The first-order valence-electron chi connectivity index (χ1n) is 6.16. The summed E-state index contributed by atoms with van der Waals surface area (Å²) < 4.78 is 16.3. The van der Waals surface area contributed by atoms with Gasteiger partial charge in [-0.05, 0) is 36.4 Å². The number of rotatable bonds is 4. The Morgan fingerprint density at radius 1 is 1.10 bits per heavy atom. The molecule has 0 saturated heterocycles. The third-order valence-corrected chi connectivity index (χ3v) is 2.88. The molecule has 5 nitrogen and oxygen atoms in total. The van der Waals surface area contributed by atoms with Gasteiger partial charge in [0.15, 0.2) is 12.2 Å². The molecule has 1 aromatic heterocycles. The molecule has 1 heterocycles. The fourth-order valence-electron chi connectivity index (χ4n) is 1.87. The highest BCUT2D eigenvalue weighted by molar-refractivity contribution is 5.76. The van der Waals surface area contributed by atoms with Crippen molar-refractivity contribution in [3.8, 4) is 11.5 Å². The first-order valence-corrected chi connectivity index (χ1v) is 6.16. The van der Waals surface area contributed by atoms with E-state index >= 15 is 0 Å². The van der Waals surface area contributed by atoms with Gasteiger partial charge in [0.1, 0.15) is 17.0 Å². The monoisotopic (exact) mass is 270 g/mol. The zero-order valence-electron chi connectivity index (χ0n) is 11.0. The van der Waals surface area contributed by atoms with Gasteiger partial charge in [0.25, 0.3) is 0 Å². The summed E-state index contributed by atoms with van der Waals surface area (Å²) in [5, 5.41) is 0. The third-order valence-electron chi connectivity index (χ3n) is 2.88. The van der Waals surface area contributed by atoms with Gasteiger partial charge in [-0.25, -0.2) is 4.98 Å². The van der Waals surface area contributed by atoms with Crippen molar-refractivity contribution in [2.24, 2.45) is 0 Å². The van der Waals surface area contributed by atoms with Crippen molar-refractivity contribution in [3.05, 3.63) is 48.4 Å². The number of benzene rings is 2. The second kappa shape index (κ2) is 5.13. The second-order valence-corrected chi connectivity index (χ2v) is 4.30. The number of methoxy groups -OCH3 is 1. The van der Waals surface area contributed by atoms with E-state index in [4.69, 9.17) is 19.6 Å². The topological polar surface area (TPSA) is 70.5 Å². The van der Waals surface area contributed by atoms with Crippen LogP contribution in [0.4, 0.5) is 5.69 Å². The van der Waals surface area contributed by atoms with Crippen molar-refractivity contribution in [1.29, 1.82) is 0 Å². The smallest absolute Gasteiger partial charge is 0.233 e. The molecule has 2 aromatic carbocycles. The predicted molar refractivity (Wildman–Crippen MR) is 75.7 cm³/mol. The number of fused-ring (bicyclic) bond motifs is 1. The van der Waals surface area contributed by atoms with Crippen molar-refractivity contribution < 1.29 is 13.9 Å². The molecule has 5 heteroatoms. The lowest BCUT2D eigenvalue weighted by molar-refractivity contribution is 0.267. The highest BCUT2D eigenvalue weighted by Crippen LogP contribution is 2.21. The highest BCUT2D eigenvalue weighted by atomic mass is 16.5. The van der Waals surface area contributed by atoms with Crippen molar-refractivity contribution in [2.45, 2.75) is 6.61 Å². The summed E-state index contributed by atoms with van der Waals surface area (Å²) in [7, 11) is 1.62. The van der Waals surface area contributed by atoms with Crippen LogP contribution in [0.25, 0.3) is 11.1 Å². The number of ether oxygens (including phenoxy) is 2. The molecule has 0 saturated carbocycles. The maximum Gasteiger partial charge on any atom is 0.233 e. The summed E-state index contributed by atoms with van der Waals surface area (Å²) in [6, 6.07) is 12.7. The molecule has 0 spiro atoms. The normalized spacial score (nSPS) is 10.7. The van der Waals surface area contributed by atoms with Crippen LogP contribution in [0.5, 0.6) is 11.5 Å².